The zero-order valence-electron chi connectivity index (χ0n) is 12.5. The standard InChI is InChI=1S/C17H18N2O2S/c1-12-13-4-2-3-5-15(13)21-17(12)14-11-22-16(18-14)10-19-6-8-20-9-7-19/h2-5,11H,6-10H2,1H3. The van der Waals surface area contributed by atoms with Crippen LogP contribution in [0.1, 0.15) is 10.6 Å². The molecule has 1 aromatic carbocycles. The van der Waals surface area contributed by atoms with Crippen molar-refractivity contribution in [3.8, 4) is 11.5 Å². The first-order chi connectivity index (χ1) is 10.8. The normalized spacial score (nSPS) is 16.4. The summed E-state index contributed by atoms with van der Waals surface area (Å²) >= 11 is 1.70. The smallest absolute Gasteiger partial charge is 0.157 e. The summed E-state index contributed by atoms with van der Waals surface area (Å²) in [6.07, 6.45) is 0. The maximum absolute atomic E-state index is 6.00. The molecule has 1 aliphatic heterocycles. The van der Waals surface area contributed by atoms with E-state index in [1.54, 1.807) is 11.3 Å². The minimum Gasteiger partial charge on any atom is -0.454 e. The summed E-state index contributed by atoms with van der Waals surface area (Å²) < 4.78 is 11.4. The highest BCUT2D eigenvalue weighted by Gasteiger charge is 2.17. The summed E-state index contributed by atoms with van der Waals surface area (Å²) in [6.45, 7) is 6.61. The highest BCUT2D eigenvalue weighted by atomic mass is 32.1. The van der Waals surface area contributed by atoms with E-state index in [-0.39, 0.29) is 0 Å². The molecule has 0 aliphatic carbocycles. The Kier molecular flexibility index (Phi) is 3.70. The molecule has 2 aromatic heterocycles. The van der Waals surface area contributed by atoms with E-state index in [1.807, 2.05) is 18.2 Å². The number of furan rings is 1. The lowest BCUT2D eigenvalue weighted by Gasteiger charge is -2.25. The van der Waals surface area contributed by atoms with Crippen molar-refractivity contribution in [2.24, 2.45) is 0 Å². The number of hydrogen-bond donors (Lipinski definition) is 0. The van der Waals surface area contributed by atoms with Gasteiger partial charge in [-0.05, 0) is 13.0 Å². The van der Waals surface area contributed by atoms with Gasteiger partial charge in [-0.1, -0.05) is 18.2 Å². The van der Waals surface area contributed by atoms with E-state index in [2.05, 4.69) is 23.3 Å². The molecule has 0 bridgehead atoms. The molecule has 0 unspecified atom stereocenters. The topological polar surface area (TPSA) is 38.5 Å². The van der Waals surface area contributed by atoms with Crippen molar-refractivity contribution in [3.63, 3.8) is 0 Å². The Labute approximate surface area is 133 Å². The minimum atomic E-state index is 0.820. The van der Waals surface area contributed by atoms with Crippen LogP contribution in [0.25, 0.3) is 22.4 Å². The van der Waals surface area contributed by atoms with Crippen LogP contribution in [0.5, 0.6) is 0 Å². The van der Waals surface area contributed by atoms with Crippen molar-refractivity contribution in [1.82, 2.24) is 9.88 Å². The Hall–Kier alpha value is -1.69. The van der Waals surface area contributed by atoms with Gasteiger partial charge in [0.2, 0.25) is 0 Å². The maximum atomic E-state index is 6.00. The van der Waals surface area contributed by atoms with Crippen molar-refractivity contribution in [3.05, 3.63) is 40.2 Å². The molecular weight excluding hydrogens is 296 g/mol. The molecule has 0 spiro atoms. The van der Waals surface area contributed by atoms with Crippen LogP contribution in [0, 0.1) is 6.92 Å². The number of benzene rings is 1. The van der Waals surface area contributed by atoms with Crippen LogP contribution in [0.3, 0.4) is 0 Å². The second-order valence-corrected chi connectivity index (χ2v) is 6.51. The van der Waals surface area contributed by atoms with Crippen molar-refractivity contribution < 1.29 is 9.15 Å². The molecule has 0 saturated carbocycles. The van der Waals surface area contributed by atoms with Crippen LogP contribution in [-0.2, 0) is 11.3 Å². The van der Waals surface area contributed by atoms with Gasteiger partial charge in [-0.15, -0.1) is 11.3 Å². The Morgan fingerprint density at radius 1 is 1.23 bits per heavy atom. The summed E-state index contributed by atoms with van der Waals surface area (Å²) in [5, 5.41) is 4.40. The molecule has 1 saturated heterocycles. The fraction of sp³-hybridized carbons (Fsp3) is 0.353. The first-order valence-electron chi connectivity index (χ1n) is 7.54. The van der Waals surface area contributed by atoms with E-state index in [0.717, 1.165) is 54.9 Å². The lowest BCUT2D eigenvalue weighted by atomic mass is 10.1. The van der Waals surface area contributed by atoms with Gasteiger partial charge in [-0.3, -0.25) is 4.90 Å². The predicted molar refractivity (Wildman–Crippen MR) is 88.2 cm³/mol. The molecule has 0 amide bonds. The first kappa shape index (κ1) is 13.9. The van der Waals surface area contributed by atoms with Gasteiger partial charge in [0.05, 0.1) is 19.8 Å². The highest BCUT2D eigenvalue weighted by molar-refractivity contribution is 7.09. The third kappa shape index (κ3) is 2.56. The van der Waals surface area contributed by atoms with Gasteiger partial charge < -0.3 is 9.15 Å². The molecule has 0 N–H and O–H groups in total. The SMILES string of the molecule is Cc1c(-c2csc(CN3CCOCC3)n2)oc2ccccc12. The van der Waals surface area contributed by atoms with E-state index in [9.17, 15) is 0 Å². The Morgan fingerprint density at radius 3 is 2.86 bits per heavy atom. The zero-order valence-corrected chi connectivity index (χ0v) is 13.4. The molecule has 3 heterocycles. The molecular formula is C17H18N2O2S. The second kappa shape index (κ2) is 5.83. The van der Waals surface area contributed by atoms with Crippen molar-refractivity contribution in [2.75, 3.05) is 26.3 Å². The molecule has 114 valence electrons. The summed E-state index contributed by atoms with van der Waals surface area (Å²) in [6, 6.07) is 8.14. The van der Waals surface area contributed by atoms with Gasteiger partial charge in [0.1, 0.15) is 16.3 Å². The Morgan fingerprint density at radius 2 is 2.05 bits per heavy atom. The number of aryl methyl sites for hydroxylation is 1. The Bertz CT molecular complexity index is 787. The molecule has 22 heavy (non-hydrogen) atoms. The number of nitrogens with zero attached hydrogens (tertiary/aromatic N) is 2. The largest absolute Gasteiger partial charge is 0.454 e. The number of hydrogen-bond acceptors (Lipinski definition) is 5. The van der Waals surface area contributed by atoms with Crippen LogP contribution in [0.2, 0.25) is 0 Å². The Balaban J connectivity index is 1.61. The quantitative estimate of drug-likeness (QED) is 0.739. The average Bonchev–Trinajstić information content (AvgIpc) is 3.14. The van der Waals surface area contributed by atoms with E-state index >= 15 is 0 Å². The summed E-state index contributed by atoms with van der Waals surface area (Å²) in [5.41, 5.74) is 3.04. The van der Waals surface area contributed by atoms with Crippen LogP contribution in [-0.4, -0.2) is 36.2 Å². The lowest BCUT2D eigenvalue weighted by Crippen LogP contribution is -2.35. The predicted octanol–water partition coefficient (Wildman–Crippen LogP) is 3.70. The summed E-state index contributed by atoms with van der Waals surface area (Å²) in [4.78, 5) is 7.16. The monoisotopic (exact) mass is 314 g/mol. The molecule has 5 heteroatoms. The first-order valence-corrected chi connectivity index (χ1v) is 8.42. The third-order valence-electron chi connectivity index (χ3n) is 4.09. The van der Waals surface area contributed by atoms with Gasteiger partial charge in [0, 0.05) is 29.4 Å². The second-order valence-electron chi connectivity index (χ2n) is 5.57. The minimum absolute atomic E-state index is 0.820. The molecule has 4 rings (SSSR count). The van der Waals surface area contributed by atoms with Gasteiger partial charge in [0.15, 0.2) is 5.76 Å². The molecule has 0 radical (unpaired) electrons. The molecule has 1 fully saturated rings. The van der Waals surface area contributed by atoms with E-state index in [4.69, 9.17) is 14.1 Å². The van der Waals surface area contributed by atoms with Crippen molar-refractivity contribution in [2.45, 2.75) is 13.5 Å². The maximum Gasteiger partial charge on any atom is 0.157 e. The van der Waals surface area contributed by atoms with E-state index in [0.29, 0.717) is 0 Å². The fourth-order valence-corrected chi connectivity index (χ4v) is 3.67. The molecule has 0 atom stereocenters. The number of ether oxygens (including phenoxy) is 1. The number of morpholine rings is 1. The van der Waals surface area contributed by atoms with Crippen molar-refractivity contribution in [1.29, 1.82) is 0 Å². The van der Waals surface area contributed by atoms with Crippen LogP contribution in [0.4, 0.5) is 0 Å². The fourth-order valence-electron chi connectivity index (χ4n) is 2.86. The van der Waals surface area contributed by atoms with Gasteiger partial charge >= 0.3 is 0 Å². The summed E-state index contributed by atoms with van der Waals surface area (Å²) in [7, 11) is 0. The zero-order chi connectivity index (χ0) is 14.9. The van der Waals surface area contributed by atoms with E-state index < -0.39 is 0 Å². The third-order valence-corrected chi connectivity index (χ3v) is 4.92. The number of fused-ring (bicyclic) bond motifs is 1. The summed E-state index contributed by atoms with van der Waals surface area (Å²) in [5.74, 6) is 0.894. The van der Waals surface area contributed by atoms with Gasteiger partial charge in [0.25, 0.3) is 0 Å². The average molecular weight is 314 g/mol. The van der Waals surface area contributed by atoms with Gasteiger partial charge in [-0.2, -0.15) is 0 Å². The van der Waals surface area contributed by atoms with Crippen LogP contribution in [0.15, 0.2) is 34.1 Å². The molecule has 3 aromatic rings. The number of thiazole rings is 1. The highest BCUT2D eigenvalue weighted by Crippen LogP contribution is 2.33. The molecule has 1 aliphatic rings. The van der Waals surface area contributed by atoms with Gasteiger partial charge in [-0.25, -0.2) is 4.98 Å². The number of para-hydroxylation sites is 1. The van der Waals surface area contributed by atoms with E-state index in [1.165, 1.54) is 10.9 Å². The van der Waals surface area contributed by atoms with Crippen LogP contribution < -0.4 is 0 Å². The van der Waals surface area contributed by atoms with Crippen molar-refractivity contribution >= 4 is 22.3 Å². The number of aromatic nitrogens is 1. The molecule has 4 nitrogen and oxygen atoms in total. The number of rotatable bonds is 3. The lowest BCUT2D eigenvalue weighted by molar-refractivity contribution is 0.0342. The van der Waals surface area contributed by atoms with Crippen LogP contribution >= 0.6 is 11.3 Å².